The number of nitrogens with two attached hydrogens (primary N) is 1. The smallest absolute Gasteiger partial charge is 0.145 e. The Hall–Kier alpha value is -1.40. The summed E-state index contributed by atoms with van der Waals surface area (Å²) in [6.07, 6.45) is 3.25. The lowest BCUT2D eigenvalue weighted by molar-refractivity contribution is 0.284. The van der Waals surface area contributed by atoms with Crippen molar-refractivity contribution in [1.29, 1.82) is 0 Å². The number of rotatable bonds is 5. The van der Waals surface area contributed by atoms with Crippen LogP contribution in [0.3, 0.4) is 0 Å². The highest BCUT2D eigenvalue weighted by Crippen LogP contribution is 2.23. The number of nitrogen functional groups attached to an aromatic ring is 1. The third kappa shape index (κ3) is 3.80. The molecule has 1 aliphatic heterocycles. The average Bonchev–Trinajstić information content (AvgIpc) is 2.46. The highest BCUT2D eigenvalue weighted by atomic mass is 15.3. The Morgan fingerprint density at radius 3 is 2.60 bits per heavy atom. The summed E-state index contributed by atoms with van der Waals surface area (Å²) in [5, 5.41) is 0. The third-order valence-electron chi connectivity index (χ3n) is 3.78. The first-order valence-electron chi connectivity index (χ1n) is 7.36. The zero-order valence-electron chi connectivity index (χ0n) is 12.8. The van der Waals surface area contributed by atoms with Gasteiger partial charge < -0.3 is 15.2 Å². The molecule has 0 aliphatic carbocycles. The topological polar surface area (TPSA) is 70.3 Å². The van der Waals surface area contributed by atoms with Crippen molar-refractivity contribution in [1.82, 2.24) is 14.9 Å². The molecular formula is C14H26N6. The Morgan fingerprint density at radius 1 is 1.35 bits per heavy atom. The van der Waals surface area contributed by atoms with Gasteiger partial charge in [-0.05, 0) is 32.9 Å². The van der Waals surface area contributed by atoms with E-state index in [0.29, 0.717) is 5.82 Å². The zero-order valence-corrected chi connectivity index (χ0v) is 12.8. The molecule has 0 radical (unpaired) electrons. The van der Waals surface area contributed by atoms with Crippen molar-refractivity contribution in [2.75, 3.05) is 44.1 Å². The summed E-state index contributed by atoms with van der Waals surface area (Å²) in [6, 6.07) is 1.94. The second-order valence-electron chi connectivity index (χ2n) is 5.72. The lowest BCUT2D eigenvalue weighted by Gasteiger charge is -2.34. The number of aromatic nitrogens is 2. The van der Waals surface area contributed by atoms with E-state index in [4.69, 9.17) is 5.84 Å². The predicted octanol–water partition coefficient (Wildman–Crippen LogP) is 1.10. The summed E-state index contributed by atoms with van der Waals surface area (Å²) in [6.45, 7) is 5.35. The quantitative estimate of drug-likeness (QED) is 0.621. The molecule has 20 heavy (non-hydrogen) atoms. The summed E-state index contributed by atoms with van der Waals surface area (Å²) in [4.78, 5) is 13.6. The maximum absolute atomic E-state index is 5.48. The number of anilines is 2. The Labute approximate surface area is 121 Å². The van der Waals surface area contributed by atoms with E-state index in [1.807, 2.05) is 6.07 Å². The standard InChI is InChI=1S/C14H26N6/c1-4-12-16-13(18-15)9-14(17-12)20-7-5-11(6-8-20)10-19(2)3/h9,11H,4-8,10,15H2,1-3H3,(H,16,17,18). The minimum absolute atomic E-state index is 0.697. The van der Waals surface area contributed by atoms with Gasteiger partial charge in [0, 0.05) is 32.1 Å². The van der Waals surface area contributed by atoms with E-state index in [1.165, 1.54) is 19.4 Å². The SMILES string of the molecule is CCc1nc(NN)cc(N2CCC(CN(C)C)CC2)n1. The minimum atomic E-state index is 0.697. The number of nitrogens with zero attached hydrogens (tertiary/aromatic N) is 4. The summed E-state index contributed by atoms with van der Waals surface area (Å²) in [7, 11) is 4.28. The summed E-state index contributed by atoms with van der Waals surface area (Å²) >= 11 is 0. The van der Waals surface area contributed by atoms with Gasteiger partial charge in [0.1, 0.15) is 17.5 Å². The summed E-state index contributed by atoms with van der Waals surface area (Å²) < 4.78 is 0. The van der Waals surface area contributed by atoms with Crippen molar-refractivity contribution >= 4 is 11.6 Å². The molecule has 0 spiro atoms. The van der Waals surface area contributed by atoms with E-state index in [0.717, 1.165) is 37.1 Å². The molecule has 0 saturated carbocycles. The van der Waals surface area contributed by atoms with Gasteiger partial charge in [0.2, 0.25) is 0 Å². The molecule has 1 aliphatic rings. The van der Waals surface area contributed by atoms with Crippen LogP contribution in [0.15, 0.2) is 6.07 Å². The first-order chi connectivity index (χ1) is 9.62. The highest BCUT2D eigenvalue weighted by molar-refractivity contribution is 5.49. The number of aryl methyl sites for hydroxylation is 1. The molecule has 1 aromatic heterocycles. The molecule has 0 bridgehead atoms. The van der Waals surface area contributed by atoms with Crippen molar-refractivity contribution in [3.8, 4) is 0 Å². The van der Waals surface area contributed by atoms with Crippen molar-refractivity contribution in [2.24, 2.45) is 11.8 Å². The van der Waals surface area contributed by atoms with Crippen LogP contribution in [0.25, 0.3) is 0 Å². The Balaban J connectivity index is 2.02. The molecule has 1 fully saturated rings. The van der Waals surface area contributed by atoms with Gasteiger partial charge in [-0.15, -0.1) is 0 Å². The lowest BCUT2D eigenvalue weighted by Crippen LogP contribution is -2.37. The third-order valence-corrected chi connectivity index (χ3v) is 3.78. The van der Waals surface area contributed by atoms with E-state index in [2.05, 4.69) is 46.2 Å². The van der Waals surface area contributed by atoms with Crippen molar-refractivity contribution < 1.29 is 0 Å². The fourth-order valence-electron chi connectivity index (χ4n) is 2.74. The van der Waals surface area contributed by atoms with Crippen LogP contribution in [-0.2, 0) is 6.42 Å². The van der Waals surface area contributed by atoms with E-state index in [1.54, 1.807) is 0 Å². The molecule has 2 rings (SSSR count). The maximum Gasteiger partial charge on any atom is 0.145 e. The molecule has 1 aromatic rings. The van der Waals surface area contributed by atoms with Crippen LogP contribution < -0.4 is 16.2 Å². The number of hydrazine groups is 1. The molecule has 2 heterocycles. The van der Waals surface area contributed by atoms with E-state index in [9.17, 15) is 0 Å². The number of nitrogens with one attached hydrogen (secondary N) is 1. The van der Waals surface area contributed by atoms with Gasteiger partial charge in [0.05, 0.1) is 0 Å². The first-order valence-corrected chi connectivity index (χ1v) is 7.36. The van der Waals surface area contributed by atoms with Gasteiger partial charge in [-0.3, -0.25) is 0 Å². The van der Waals surface area contributed by atoms with Crippen LogP contribution in [0.5, 0.6) is 0 Å². The van der Waals surface area contributed by atoms with Gasteiger partial charge in [-0.1, -0.05) is 6.92 Å². The lowest BCUT2D eigenvalue weighted by atomic mass is 9.96. The van der Waals surface area contributed by atoms with E-state index in [-0.39, 0.29) is 0 Å². The maximum atomic E-state index is 5.48. The largest absolute Gasteiger partial charge is 0.356 e. The number of piperidine rings is 1. The Morgan fingerprint density at radius 2 is 2.05 bits per heavy atom. The second kappa shape index (κ2) is 6.85. The molecular weight excluding hydrogens is 252 g/mol. The molecule has 0 aromatic carbocycles. The van der Waals surface area contributed by atoms with Crippen LogP contribution in [0, 0.1) is 5.92 Å². The van der Waals surface area contributed by atoms with Crippen molar-refractivity contribution in [2.45, 2.75) is 26.2 Å². The molecule has 112 valence electrons. The molecule has 0 atom stereocenters. The van der Waals surface area contributed by atoms with Crippen molar-refractivity contribution in [3.05, 3.63) is 11.9 Å². The average molecular weight is 278 g/mol. The first kappa shape index (κ1) is 15.0. The summed E-state index contributed by atoms with van der Waals surface area (Å²) in [5.74, 6) is 8.81. The van der Waals surface area contributed by atoms with Gasteiger partial charge >= 0.3 is 0 Å². The van der Waals surface area contributed by atoms with Crippen LogP contribution in [-0.4, -0.2) is 48.6 Å². The van der Waals surface area contributed by atoms with Crippen LogP contribution in [0.4, 0.5) is 11.6 Å². The molecule has 6 nitrogen and oxygen atoms in total. The molecule has 0 unspecified atom stereocenters. The van der Waals surface area contributed by atoms with Gasteiger partial charge in [-0.25, -0.2) is 15.8 Å². The monoisotopic (exact) mass is 278 g/mol. The second-order valence-corrected chi connectivity index (χ2v) is 5.72. The Bertz CT molecular complexity index is 403. The number of hydrogen-bond acceptors (Lipinski definition) is 6. The van der Waals surface area contributed by atoms with Crippen LogP contribution in [0.2, 0.25) is 0 Å². The normalized spacial score (nSPS) is 16.8. The molecule has 6 heteroatoms. The van der Waals surface area contributed by atoms with E-state index >= 15 is 0 Å². The van der Waals surface area contributed by atoms with Crippen molar-refractivity contribution in [3.63, 3.8) is 0 Å². The fourth-order valence-corrected chi connectivity index (χ4v) is 2.74. The zero-order chi connectivity index (χ0) is 14.5. The van der Waals surface area contributed by atoms with E-state index < -0.39 is 0 Å². The predicted molar refractivity (Wildman–Crippen MR) is 82.7 cm³/mol. The van der Waals surface area contributed by atoms with Crippen LogP contribution >= 0.6 is 0 Å². The molecule has 3 N–H and O–H groups in total. The molecule has 0 amide bonds. The Kier molecular flexibility index (Phi) is 5.14. The molecule has 1 saturated heterocycles. The number of hydrogen-bond donors (Lipinski definition) is 2. The minimum Gasteiger partial charge on any atom is -0.356 e. The highest BCUT2D eigenvalue weighted by Gasteiger charge is 2.21. The van der Waals surface area contributed by atoms with Gasteiger partial charge in [-0.2, -0.15) is 0 Å². The fraction of sp³-hybridized carbons (Fsp3) is 0.714. The van der Waals surface area contributed by atoms with Gasteiger partial charge in [0.15, 0.2) is 0 Å². The van der Waals surface area contributed by atoms with Gasteiger partial charge in [0.25, 0.3) is 0 Å². The van der Waals surface area contributed by atoms with Crippen LogP contribution in [0.1, 0.15) is 25.6 Å². The summed E-state index contributed by atoms with van der Waals surface area (Å²) in [5.41, 5.74) is 2.63.